The largest absolute Gasteiger partial charge is 0.481 e. The Bertz CT molecular complexity index is 548. The number of ether oxygens (including phenoxy) is 1. The summed E-state index contributed by atoms with van der Waals surface area (Å²) in [6, 6.07) is 8.39. The minimum atomic E-state index is -1.06. The number of carbonyl (C=O) groups is 3. The van der Waals surface area contributed by atoms with E-state index in [1.54, 1.807) is 20.8 Å². The van der Waals surface area contributed by atoms with E-state index in [1.807, 2.05) is 30.3 Å². The molecule has 2 N–H and O–H groups in total. The lowest BCUT2D eigenvalue weighted by Crippen LogP contribution is -2.45. The molecule has 1 atom stereocenters. The number of rotatable bonds is 7. The first kappa shape index (κ1) is 18.7. The zero-order valence-electron chi connectivity index (χ0n) is 13.7. The van der Waals surface area contributed by atoms with E-state index in [-0.39, 0.29) is 19.3 Å². The number of benzene rings is 1. The van der Waals surface area contributed by atoms with Gasteiger partial charge in [-0.25, -0.2) is 4.79 Å². The summed E-state index contributed by atoms with van der Waals surface area (Å²) in [7, 11) is 0. The molecule has 1 rings (SSSR count). The monoisotopic (exact) mass is 321 g/mol. The number of hydrogen-bond donors (Lipinski definition) is 2. The quantitative estimate of drug-likeness (QED) is 0.749. The number of carbonyl (C=O) groups excluding carboxylic acids is 2. The highest BCUT2D eigenvalue weighted by atomic mass is 16.6. The maximum atomic E-state index is 12.3. The number of nitrogens with one attached hydrogen (secondary N) is 1. The van der Waals surface area contributed by atoms with E-state index in [0.717, 1.165) is 5.56 Å². The Morgan fingerprint density at radius 1 is 1.13 bits per heavy atom. The van der Waals surface area contributed by atoms with Gasteiger partial charge in [-0.15, -0.1) is 0 Å². The Morgan fingerprint density at radius 3 is 2.26 bits per heavy atom. The van der Waals surface area contributed by atoms with Gasteiger partial charge in [0.25, 0.3) is 0 Å². The van der Waals surface area contributed by atoms with Crippen molar-refractivity contribution < 1.29 is 24.2 Å². The van der Waals surface area contributed by atoms with E-state index >= 15 is 0 Å². The van der Waals surface area contributed by atoms with E-state index in [4.69, 9.17) is 9.84 Å². The van der Waals surface area contributed by atoms with Crippen molar-refractivity contribution in [2.45, 2.75) is 51.7 Å². The standard InChI is InChI=1S/C17H23NO5/c1-17(2,3)23-16(22)13(11-12-7-5-4-6-8-12)18-14(19)9-10-15(20)21/h4-8,13H,9-11H2,1-3H3,(H,18,19)(H,20,21). The van der Waals surface area contributed by atoms with E-state index in [1.165, 1.54) is 0 Å². The summed E-state index contributed by atoms with van der Waals surface area (Å²) >= 11 is 0. The summed E-state index contributed by atoms with van der Waals surface area (Å²) < 4.78 is 5.33. The van der Waals surface area contributed by atoms with Crippen LogP contribution in [0, 0.1) is 0 Å². The van der Waals surface area contributed by atoms with Gasteiger partial charge in [-0.05, 0) is 26.3 Å². The van der Waals surface area contributed by atoms with Crippen LogP contribution in [0.15, 0.2) is 30.3 Å². The smallest absolute Gasteiger partial charge is 0.329 e. The summed E-state index contributed by atoms with van der Waals surface area (Å²) in [4.78, 5) is 34.6. The first-order chi connectivity index (χ1) is 10.7. The van der Waals surface area contributed by atoms with Gasteiger partial charge in [-0.3, -0.25) is 9.59 Å². The van der Waals surface area contributed by atoms with Crippen molar-refractivity contribution in [3.8, 4) is 0 Å². The molecule has 0 heterocycles. The molecular weight excluding hydrogens is 298 g/mol. The van der Waals surface area contributed by atoms with Crippen LogP contribution in [0.25, 0.3) is 0 Å². The van der Waals surface area contributed by atoms with Gasteiger partial charge in [0, 0.05) is 12.8 Å². The Hall–Kier alpha value is -2.37. The molecule has 1 aromatic carbocycles. The zero-order valence-corrected chi connectivity index (χ0v) is 13.7. The minimum absolute atomic E-state index is 0.177. The van der Waals surface area contributed by atoms with Crippen molar-refractivity contribution in [3.05, 3.63) is 35.9 Å². The van der Waals surface area contributed by atoms with Crippen LogP contribution in [0.1, 0.15) is 39.2 Å². The molecular formula is C17H23NO5. The highest BCUT2D eigenvalue weighted by Crippen LogP contribution is 2.12. The highest BCUT2D eigenvalue weighted by Gasteiger charge is 2.27. The molecule has 23 heavy (non-hydrogen) atoms. The normalized spacial score (nSPS) is 12.3. The molecule has 0 spiro atoms. The maximum Gasteiger partial charge on any atom is 0.329 e. The van der Waals surface area contributed by atoms with Crippen molar-refractivity contribution in [1.29, 1.82) is 0 Å². The Balaban J connectivity index is 2.77. The van der Waals surface area contributed by atoms with Crippen molar-refractivity contribution in [3.63, 3.8) is 0 Å². The number of hydrogen-bond acceptors (Lipinski definition) is 4. The Kier molecular flexibility index (Phi) is 6.75. The molecule has 0 fully saturated rings. The molecule has 0 saturated heterocycles. The molecule has 126 valence electrons. The topological polar surface area (TPSA) is 92.7 Å². The molecule has 0 aromatic heterocycles. The molecule has 1 amide bonds. The number of amides is 1. The van der Waals surface area contributed by atoms with Crippen LogP contribution in [0.4, 0.5) is 0 Å². The number of aliphatic carboxylic acids is 1. The number of carboxylic acids is 1. The zero-order chi connectivity index (χ0) is 17.5. The van der Waals surface area contributed by atoms with Gasteiger partial charge in [0.1, 0.15) is 11.6 Å². The second-order valence-electron chi connectivity index (χ2n) is 6.24. The SMILES string of the molecule is CC(C)(C)OC(=O)C(Cc1ccccc1)NC(=O)CCC(=O)O. The van der Waals surface area contributed by atoms with Crippen LogP contribution in [0.5, 0.6) is 0 Å². The molecule has 0 bridgehead atoms. The van der Waals surface area contributed by atoms with Crippen LogP contribution in [-0.2, 0) is 25.5 Å². The van der Waals surface area contributed by atoms with Crippen LogP contribution >= 0.6 is 0 Å². The fourth-order valence-electron chi connectivity index (χ4n) is 1.90. The molecule has 6 heteroatoms. The van der Waals surface area contributed by atoms with Gasteiger partial charge in [-0.2, -0.15) is 0 Å². The van der Waals surface area contributed by atoms with Gasteiger partial charge in [-0.1, -0.05) is 30.3 Å². The fraction of sp³-hybridized carbons (Fsp3) is 0.471. The van der Waals surface area contributed by atoms with Crippen LogP contribution < -0.4 is 5.32 Å². The van der Waals surface area contributed by atoms with Gasteiger partial charge in [0.05, 0.1) is 6.42 Å². The third-order valence-corrected chi connectivity index (χ3v) is 2.88. The summed E-state index contributed by atoms with van der Waals surface area (Å²) in [5, 5.41) is 11.2. The van der Waals surface area contributed by atoms with Crippen molar-refractivity contribution in [2.75, 3.05) is 0 Å². The van der Waals surface area contributed by atoms with Crippen LogP contribution in [-0.4, -0.2) is 34.6 Å². The lowest BCUT2D eigenvalue weighted by atomic mass is 10.1. The van der Waals surface area contributed by atoms with Gasteiger partial charge in [0.2, 0.25) is 5.91 Å². The molecule has 1 aromatic rings. The summed E-state index contributed by atoms with van der Waals surface area (Å²) in [6.45, 7) is 5.24. The maximum absolute atomic E-state index is 12.3. The van der Waals surface area contributed by atoms with Gasteiger partial charge in [0.15, 0.2) is 0 Å². The van der Waals surface area contributed by atoms with Crippen molar-refractivity contribution >= 4 is 17.8 Å². The molecule has 6 nitrogen and oxygen atoms in total. The Labute approximate surface area is 135 Å². The second kappa shape index (κ2) is 8.31. The van der Waals surface area contributed by atoms with Crippen molar-refractivity contribution in [2.24, 2.45) is 0 Å². The molecule has 0 aliphatic heterocycles. The third-order valence-electron chi connectivity index (χ3n) is 2.88. The van der Waals surface area contributed by atoms with Crippen LogP contribution in [0.2, 0.25) is 0 Å². The minimum Gasteiger partial charge on any atom is -0.481 e. The van der Waals surface area contributed by atoms with E-state index in [0.29, 0.717) is 0 Å². The molecule has 0 saturated carbocycles. The first-order valence-electron chi connectivity index (χ1n) is 7.45. The second-order valence-corrected chi connectivity index (χ2v) is 6.24. The van der Waals surface area contributed by atoms with E-state index in [9.17, 15) is 14.4 Å². The predicted molar refractivity (Wildman–Crippen MR) is 84.8 cm³/mol. The van der Waals surface area contributed by atoms with E-state index in [2.05, 4.69) is 5.32 Å². The first-order valence-corrected chi connectivity index (χ1v) is 7.45. The summed E-state index contributed by atoms with van der Waals surface area (Å²) in [6.07, 6.45) is -0.170. The molecule has 0 aliphatic rings. The van der Waals surface area contributed by atoms with Crippen molar-refractivity contribution in [1.82, 2.24) is 5.32 Å². The predicted octanol–water partition coefficient (Wildman–Crippen LogP) is 1.92. The number of esters is 1. The summed E-state index contributed by atoms with van der Waals surface area (Å²) in [5.74, 6) is -2.08. The number of carboxylic acid groups (broad SMARTS) is 1. The molecule has 0 radical (unpaired) electrons. The van der Waals surface area contributed by atoms with Gasteiger partial charge >= 0.3 is 11.9 Å². The average molecular weight is 321 g/mol. The third kappa shape index (κ3) is 7.99. The lowest BCUT2D eigenvalue weighted by Gasteiger charge is -2.24. The molecule has 1 unspecified atom stereocenters. The van der Waals surface area contributed by atoms with Gasteiger partial charge < -0.3 is 15.2 Å². The van der Waals surface area contributed by atoms with Crippen LogP contribution in [0.3, 0.4) is 0 Å². The highest BCUT2D eigenvalue weighted by molar-refractivity contribution is 5.86. The lowest BCUT2D eigenvalue weighted by molar-refractivity contribution is -0.158. The Morgan fingerprint density at radius 2 is 1.74 bits per heavy atom. The van der Waals surface area contributed by atoms with E-state index < -0.39 is 29.5 Å². The fourth-order valence-corrected chi connectivity index (χ4v) is 1.90. The molecule has 0 aliphatic carbocycles. The summed E-state index contributed by atoms with van der Waals surface area (Å²) in [5.41, 5.74) is 0.208. The average Bonchev–Trinajstić information content (AvgIpc) is 2.43.